The molecule has 1 heterocycles. The van der Waals surface area contributed by atoms with Crippen LogP contribution in [-0.2, 0) is 4.74 Å². The largest absolute Gasteiger partial charge is 0.475 e. The lowest BCUT2D eigenvalue weighted by Gasteiger charge is -2.06. The summed E-state index contributed by atoms with van der Waals surface area (Å²) in [6.07, 6.45) is 0. The highest BCUT2D eigenvalue weighted by atomic mass is 79.9. The second-order valence-corrected chi connectivity index (χ2v) is 5.25. The van der Waals surface area contributed by atoms with Crippen molar-refractivity contribution >= 4 is 27.5 Å². The first-order valence-corrected chi connectivity index (χ1v) is 6.12. The number of nitrogens with two attached hydrogens (primary N) is 1. The molecule has 0 bridgehead atoms. The van der Waals surface area contributed by atoms with Crippen molar-refractivity contribution in [1.82, 2.24) is 0 Å². The number of aliphatic imine (C=N–C) groups is 1. The monoisotopic (exact) mass is 282 g/mol. The molecule has 0 aromatic heterocycles. The van der Waals surface area contributed by atoms with Gasteiger partial charge in [0.2, 0.25) is 5.90 Å². The molecular weight excluding hydrogens is 268 g/mol. The van der Waals surface area contributed by atoms with Crippen LogP contribution in [0.5, 0.6) is 0 Å². The molecule has 0 aliphatic carbocycles. The number of halogens is 1. The van der Waals surface area contributed by atoms with Crippen LogP contribution in [0.4, 0.5) is 5.69 Å². The van der Waals surface area contributed by atoms with Gasteiger partial charge < -0.3 is 10.5 Å². The van der Waals surface area contributed by atoms with E-state index in [1.165, 1.54) is 0 Å². The van der Waals surface area contributed by atoms with Gasteiger partial charge in [0, 0.05) is 15.7 Å². The van der Waals surface area contributed by atoms with E-state index in [9.17, 15) is 0 Å². The van der Waals surface area contributed by atoms with Crippen LogP contribution in [0.2, 0.25) is 0 Å². The standard InChI is InChI=1S/C12H15BrN2O/c1-7(2)11-6-16-12(15-11)8-3-9(13)5-10(14)4-8/h3-5,7,11H,6,14H2,1-2H3/t11-/m0/s1. The lowest BCUT2D eigenvalue weighted by Crippen LogP contribution is -2.13. The second-order valence-electron chi connectivity index (χ2n) is 4.33. The molecule has 1 aliphatic heterocycles. The van der Waals surface area contributed by atoms with E-state index in [2.05, 4.69) is 34.8 Å². The maximum atomic E-state index is 5.78. The molecule has 1 atom stereocenters. The average Bonchev–Trinajstić information content (AvgIpc) is 2.64. The fourth-order valence-corrected chi connectivity index (χ4v) is 2.14. The molecule has 3 nitrogen and oxygen atoms in total. The van der Waals surface area contributed by atoms with Gasteiger partial charge in [0.15, 0.2) is 0 Å². The Hall–Kier alpha value is -1.03. The zero-order chi connectivity index (χ0) is 11.7. The Morgan fingerprint density at radius 1 is 1.44 bits per heavy atom. The molecule has 0 fully saturated rings. The van der Waals surface area contributed by atoms with Crippen LogP contribution in [-0.4, -0.2) is 18.5 Å². The summed E-state index contributed by atoms with van der Waals surface area (Å²) in [5.41, 5.74) is 7.43. The van der Waals surface area contributed by atoms with Crippen LogP contribution in [0.1, 0.15) is 19.4 Å². The third kappa shape index (κ3) is 2.38. The third-order valence-electron chi connectivity index (χ3n) is 2.61. The fraction of sp³-hybridized carbons (Fsp3) is 0.417. The summed E-state index contributed by atoms with van der Waals surface area (Å²) in [5, 5.41) is 0. The molecule has 0 amide bonds. The van der Waals surface area contributed by atoms with Crippen LogP contribution >= 0.6 is 15.9 Å². The zero-order valence-corrected chi connectivity index (χ0v) is 11.0. The molecule has 1 aromatic carbocycles. The van der Waals surface area contributed by atoms with Crippen LogP contribution in [0.25, 0.3) is 0 Å². The van der Waals surface area contributed by atoms with Gasteiger partial charge in [0.1, 0.15) is 6.61 Å². The highest BCUT2D eigenvalue weighted by Crippen LogP contribution is 2.22. The molecule has 2 N–H and O–H groups in total. The Labute approximate surface area is 104 Å². The summed E-state index contributed by atoms with van der Waals surface area (Å²) in [5.74, 6) is 1.20. The Morgan fingerprint density at radius 2 is 2.19 bits per heavy atom. The molecule has 2 rings (SSSR count). The maximum Gasteiger partial charge on any atom is 0.216 e. The summed E-state index contributed by atoms with van der Waals surface area (Å²) in [6.45, 7) is 4.96. The van der Waals surface area contributed by atoms with Gasteiger partial charge in [-0.15, -0.1) is 0 Å². The highest BCUT2D eigenvalue weighted by Gasteiger charge is 2.22. The second kappa shape index (κ2) is 4.45. The van der Waals surface area contributed by atoms with Gasteiger partial charge in [-0.1, -0.05) is 29.8 Å². The Balaban J connectivity index is 2.28. The van der Waals surface area contributed by atoms with Crippen LogP contribution in [0.3, 0.4) is 0 Å². The van der Waals surface area contributed by atoms with Crippen molar-refractivity contribution in [3.8, 4) is 0 Å². The molecule has 0 spiro atoms. The molecule has 0 unspecified atom stereocenters. The molecule has 86 valence electrons. The average molecular weight is 283 g/mol. The molecular formula is C12H15BrN2O. The molecule has 0 saturated heterocycles. The molecule has 4 heteroatoms. The van der Waals surface area contributed by atoms with Crippen LogP contribution in [0, 0.1) is 5.92 Å². The number of hydrogen-bond donors (Lipinski definition) is 1. The van der Waals surface area contributed by atoms with E-state index in [0.717, 1.165) is 10.0 Å². The van der Waals surface area contributed by atoms with E-state index in [-0.39, 0.29) is 6.04 Å². The Morgan fingerprint density at radius 3 is 2.75 bits per heavy atom. The quantitative estimate of drug-likeness (QED) is 0.848. The van der Waals surface area contributed by atoms with Crippen molar-refractivity contribution in [2.75, 3.05) is 12.3 Å². The Bertz CT molecular complexity index is 409. The topological polar surface area (TPSA) is 47.6 Å². The first-order valence-electron chi connectivity index (χ1n) is 5.33. The predicted octanol–water partition coefficient (Wildman–Crippen LogP) is 2.83. The first kappa shape index (κ1) is 11.5. The van der Waals surface area contributed by atoms with Gasteiger partial charge in [-0.2, -0.15) is 0 Å². The summed E-state index contributed by atoms with van der Waals surface area (Å²) < 4.78 is 6.54. The number of rotatable bonds is 2. The molecule has 0 saturated carbocycles. The van der Waals surface area contributed by atoms with Gasteiger partial charge in [-0.25, -0.2) is 4.99 Å². The highest BCUT2D eigenvalue weighted by molar-refractivity contribution is 9.10. The number of ether oxygens (including phenoxy) is 1. The van der Waals surface area contributed by atoms with E-state index in [0.29, 0.717) is 24.1 Å². The Kier molecular flexibility index (Phi) is 3.19. The van der Waals surface area contributed by atoms with Crippen molar-refractivity contribution in [2.45, 2.75) is 19.9 Å². The van der Waals surface area contributed by atoms with Crippen molar-refractivity contribution in [3.63, 3.8) is 0 Å². The van der Waals surface area contributed by atoms with Crippen molar-refractivity contribution < 1.29 is 4.74 Å². The molecule has 0 radical (unpaired) electrons. The minimum atomic E-state index is 0.259. The lowest BCUT2D eigenvalue weighted by molar-refractivity contribution is 0.292. The number of anilines is 1. The van der Waals surface area contributed by atoms with Gasteiger partial charge in [-0.3, -0.25) is 0 Å². The summed E-state index contributed by atoms with van der Waals surface area (Å²) in [7, 11) is 0. The van der Waals surface area contributed by atoms with Crippen molar-refractivity contribution in [3.05, 3.63) is 28.2 Å². The van der Waals surface area contributed by atoms with E-state index >= 15 is 0 Å². The van der Waals surface area contributed by atoms with E-state index in [1.54, 1.807) is 0 Å². The minimum Gasteiger partial charge on any atom is -0.475 e. The van der Waals surface area contributed by atoms with Gasteiger partial charge in [0.05, 0.1) is 6.04 Å². The molecule has 1 aliphatic rings. The summed E-state index contributed by atoms with van der Waals surface area (Å²) >= 11 is 3.41. The number of benzene rings is 1. The first-order chi connectivity index (χ1) is 7.56. The van der Waals surface area contributed by atoms with E-state index in [1.807, 2.05) is 18.2 Å². The van der Waals surface area contributed by atoms with E-state index in [4.69, 9.17) is 10.5 Å². The lowest BCUT2D eigenvalue weighted by atomic mass is 10.1. The van der Waals surface area contributed by atoms with E-state index < -0.39 is 0 Å². The minimum absolute atomic E-state index is 0.259. The maximum absolute atomic E-state index is 5.78. The van der Waals surface area contributed by atoms with Crippen LogP contribution < -0.4 is 5.73 Å². The smallest absolute Gasteiger partial charge is 0.216 e. The summed E-state index contributed by atoms with van der Waals surface area (Å²) in [4.78, 5) is 4.56. The van der Waals surface area contributed by atoms with Gasteiger partial charge in [0.25, 0.3) is 0 Å². The zero-order valence-electron chi connectivity index (χ0n) is 9.40. The SMILES string of the molecule is CC(C)[C@@H]1COC(c2cc(N)cc(Br)c2)=N1. The summed E-state index contributed by atoms with van der Waals surface area (Å²) in [6, 6.07) is 5.97. The third-order valence-corrected chi connectivity index (χ3v) is 3.07. The molecule has 1 aromatic rings. The number of hydrogen-bond acceptors (Lipinski definition) is 3. The van der Waals surface area contributed by atoms with Crippen molar-refractivity contribution in [2.24, 2.45) is 10.9 Å². The van der Waals surface area contributed by atoms with Gasteiger partial charge in [-0.05, 0) is 24.1 Å². The fourth-order valence-electron chi connectivity index (χ4n) is 1.62. The number of nitrogens with zero attached hydrogens (tertiary/aromatic N) is 1. The predicted molar refractivity (Wildman–Crippen MR) is 69.7 cm³/mol. The van der Waals surface area contributed by atoms with Crippen molar-refractivity contribution in [1.29, 1.82) is 0 Å². The number of nitrogen functional groups attached to an aromatic ring is 1. The molecule has 16 heavy (non-hydrogen) atoms. The van der Waals surface area contributed by atoms with Crippen LogP contribution in [0.15, 0.2) is 27.7 Å². The normalized spacial score (nSPS) is 19.8. The van der Waals surface area contributed by atoms with Gasteiger partial charge >= 0.3 is 0 Å².